The number of hydrogen-bond donors (Lipinski definition) is 0. The zero-order valence-corrected chi connectivity index (χ0v) is 18.5. The number of benzene rings is 3. The molecule has 0 aromatic heterocycles. The quantitative estimate of drug-likeness (QED) is 0.620. The Morgan fingerprint density at radius 1 is 0.839 bits per heavy atom. The van der Waals surface area contributed by atoms with Gasteiger partial charge in [-0.3, -0.25) is 14.6 Å². The van der Waals surface area contributed by atoms with E-state index in [1.165, 1.54) is 22.3 Å². The summed E-state index contributed by atoms with van der Waals surface area (Å²) in [4.78, 5) is 18.9. The largest absolute Gasteiger partial charge is 0.297 e. The summed E-state index contributed by atoms with van der Waals surface area (Å²) in [6, 6.07) is 25.4. The zero-order chi connectivity index (χ0) is 21.4. The van der Waals surface area contributed by atoms with Gasteiger partial charge in [0.25, 0.3) is 0 Å². The van der Waals surface area contributed by atoms with Gasteiger partial charge in [-0.05, 0) is 36.1 Å². The molecule has 0 radical (unpaired) electrons. The van der Waals surface area contributed by atoms with Crippen molar-refractivity contribution >= 4 is 5.78 Å². The second-order valence-corrected chi connectivity index (χ2v) is 9.08. The molecule has 1 fully saturated rings. The summed E-state index contributed by atoms with van der Waals surface area (Å²) < 4.78 is 0. The van der Waals surface area contributed by atoms with Crippen LogP contribution in [-0.2, 0) is 18.5 Å². The number of carbonyl (C=O) groups excluding carboxylic acids is 1. The molecule has 3 aromatic carbocycles. The Hall–Kier alpha value is -2.75. The van der Waals surface area contributed by atoms with E-state index in [0.29, 0.717) is 0 Å². The first-order chi connectivity index (χ1) is 15.1. The van der Waals surface area contributed by atoms with Gasteiger partial charge >= 0.3 is 0 Å². The number of aryl methyl sites for hydroxylation is 2. The fourth-order valence-corrected chi connectivity index (χ4v) is 5.36. The molecule has 1 saturated heterocycles. The van der Waals surface area contributed by atoms with Crippen LogP contribution < -0.4 is 0 Å². The van der Waals surface area contributed by atoms with E-state index in [4.69, 9.17) is 0 Å². The lowest BCUT2D eigenvalue weighted by molar-refractivity contribution is 0.0288. The number of piperazine rings is 1. The minimum absolute atomic E-state index is 0.265. The minimum atomic E-state index is -0.579. The van der Waals surface area contributed by atoms with Crippen LogP contribution in [0.5, 0.6) is 0 Å². The van der Waals surface area contributed by atoms with E-state index in [0.717, 1.165) is 50.3 Å². The molecular weight excluding hydrogens is 380 g/mol. The molecule has 1 aliphatic heterocycles. The predicted molar refractivity (Wildman–Crippen MR) is 125 cm³/mol. The number of rotatable bonds is 4. The Bertz CT molecular complexity index is 1110. The van der Waals surface area contributed by atoms with Crippen molar-refractivity contribution in [1.29, 1.82) is 0 Å². The SMILES string of the molecule is Cc1cccc([C@@]2(N3CCN(Cc4ccccc4C)CC3)Cc3ccccc3C2=O)c1. The molecule has 1 heterocycles. The van der Waals surface area contributed by atoms with Crippen LogP contribution in [0.4, 0.5) is 0 Å². The number of nitrogens with zero attached hydrogens (tertiary/aromatic N) is 2. The fraction of sp³-hybridized carbons (Fsp3) is 0.321. The predicted octanol–water partition coefficient (Wildman–Crippen LogP) is 4.76. The van der Waals surface area contributed by atoms with Crippen molar-refractivity contribution in [3.8, 4) is 0 Å². The van der Waals surface area contributed by atoms with E-state index < -0.39 is 5.54 Å². The Labute approximate surface area is 185 Å². The van der Waals surface area contributed by atoms with Crippen molar-refractivity contribution in [1.82, 2.24) is 9.80 Å². The van der Waals surface area contributed by atoms with Gasteiger partial charge < -0.3 is 0 Å². The first-order valence-electron chi connectivity index (χ1n) is 11.3. The molecule has 5 rings (SSSR count). The number of carbonyl (C=O) groups is 1. The maximum absolute atomic E-state index is 13.9. The lowest BCUT2D eigenvalue weighted by Gasteiger charge is -2.45. The maximum atomic E-state index is 13.9. The topological polar surface area (TPSA) is 23.6 Å². The normalized spacial score (nSPS) is 21.9. The van der Waals surface area contributed by atoms with Crippen molar-refractivity contribution in [2.45, 2.75) is 32.4 Å². The molecule has 3 aromatic rings. The fourth-order valence-electron chi connectivity index (χ4n) is 5.36. The average Bonchev–Trinajstić information content (AvgIpc) is 3.09. The van der Waals surface area contributed by atoms with Crippen LogP contribution in [0.2, 0.25) is 0 Å². The van der Waals surface area contributed by atoms with E-state index in [1.807, 2.05) is 12.1 Å². The zero-order valence-electron chi connectivity index (χ0n) is 18.5. The van der Waals surface area contributed by atoms with E-state index >= 15 is 0 Å². The highest BCUT2D eigenvalue weighted by atomic mass is 16.1. The molecule has 0 N–H and O–H groups in total. The van der Waals surface area contributed by atoms with Gasteiger partial charge in [-0.25, -0.2) is 0 Å². The van der Waals surface area contributed by atoms with E-state index in [-0.39, 0.29) is 5.78 Å². The van der Waals surface area contributed by atoms with Gasteiger partial charge in [-0.15, -0.1) is 0 Å². The van der Waals surface area contributed by atoms with Gasteiger partial charge in [0, 0.05) is 44.7 Å². The first kappa shape index (κ1) is 20.2. The summed E-state index contributed by atoms with van der Waals surface area (Å²) in [6.45, 7) is 9.04. The molecule has 0 spiro atoms. The van der Waals surface area contributed by atoms with E-state index in [2.05, 4.69) is 84.3 Å². The molecule has 1 aliphatic carbocycles. The molecule has 158 valence electrons. The summed E-state index contributed by atoms with van der Waals surface area (Å²) in [5.74, 6) is 0.265. The molecule has 31 heavy (non-hydrogen) atoms. The lowest BCUT2D eigenvalue weighted by atomic mass is 9.82. The number of fused-ring (bicyclic) bond motifs is 1. The summed E-state index contributed by atoms with van der Waals surface area (Å²) >= 11 is 0. The highest BCUT2D eigenvalue weighted by Crippen LogP contribution is 2.43. The average molecular weight is 411 g/mol. The smallest absolute Gasteiger partial charge is 0.188 e. The first-order valence-corrected chi connectivity index (χ1v) is 11.3. The second kappa shape index (κ2) is 8.07. The van der Waals surface area contributed by atoms with Crippen LogP contribution >= 0.6 is 0 Å². The van der Waals surface area contributed by atoms with Gasteiger partial charge in [0.05, 0.1) is 0 Å². The third-order valence-corrected chi connectivity index (χ3v) is 7.15. The highest BCUT2D eigenvalue weighted by Gasteiger charge is 2.51. The van der Waals surface area contributed by atoms with Gasteiger partial charge in [0.1, 0.15) is 5.54 Å². The number of hydrogen-bond acceptors (Lipinski definition) is 3. The third-order valence-electron chi connectivity index (χ3n) is 7.15. The lowest BCUT2D eigenvalue weighted by Crippen LogP contribution is -2.58. The monoisotopic (exact) mass is 410 g/mol. The molecular formula is C28H30N2O. The minimum Gasteiger partial charge on any atom is -0.297 e. The summed E-state index contributed by atoms with van der Waals surface area (Å²) in [7, 11) is 0. The molecule has 0 amide bonds. The Kier molecular flexibility index (Phi) is 5.25. The second-order valence-electron chi connectivity index (χ2n) is 9.08. The van der Waals surface area contributed by atoms with Crippen LogP contribution in [-0.4, -0.2) is 41.8 Å². The van der Waals surface area contributed by atoms with Crippen molar-refractivity contribution in [2.24, 2.45) is 0 Å². The standard InChI is InChI=1S/C28H30N2O/c1-21-8-7-12-25(18-21)28(19-23-10-5-6-13-26(23)27(28)31)30-16-14-29(15-17-30)20-24-11-4-3-9-22(24)2/h3-13,18H,14-17,19-20H2,1-2H3/t28-/m0/s1. The molecule has 0 bridgehead atoms. The van der Waals surface area contributed by atoms with Crippen LogP contribution in [0.3, 0.4) is 0 Å². The number of ketones is 1. The summed E-state index contributed by atoms with van der Waals surface area (Å²) in [5, 5.41) is 0. The molecule has 2 aliphatic rings. The molecule has 3 nitrogen and oxygen atoms in total. The summed E-state index contributed by atoms with van der Waals surface area (Å²) in [6.07, 6.45) is 0.767. The molecule has 0 saturated carbocycles. The summed E-state index contributed by atoms with van der Waals surface area (Å²) in [5.41, 5.74) is 6.59. The van der Waals surface area contributed by atoms with Crippen molar-refractivity contribution in [2.75, 3.05) is 26.2 Å². The Morgan fingerprint density at radius 3 is 2.32 bits per heavy atom. The van der Waals surface area contributed by atoms with Crippen LogP contribution in [0.25, 0.3) is 0 Å². The highest BCUT2D eigenvalue weighted by molar-refractivity contribution is 6.08. The maximum Gasteiger partial charge on any atom is 0.188 e. The Balaban J connectivity index is 1.43. The van der Waals surface area contributed by atoms with Gasteiger partial charge in [-0.1, -0.05) is 78.4 Å². The van der Waals surface area contributed by atoms with Crippen molar-refractivity contribution < 1.29 is 4.79 Å². The van der Waals surface area contributed by atoms with Crippen molar-refractivity contribution in [3.05, 3.63) is 106 Å². The van der Waals surface area contributed by atoms with Gasteiger partial charge in [-0.2, -0.15) is 0 Å². The Morgan fingerprint density at radius 2 is 1.58 bits per heavy atom. The van der Waals surface area contributed by atoms with Gasteiger partial charge in [0.15, 0.2) is 5.78 Å². The van der Waals surface area contributed by atoms with Crippen LogP contribution in [0, 0.1) is 13.8 Å². The molecule has 0 unspecified atom stereocenters. The van der Waals surface area contributed by atoms with Crippen LogP contribution in [0.15, 0.2) is 72.8 Å². The van der Waals surface area contributed by atoms with Crippen LogP contribution in [0.1, 0.15) is 38.2 Å². The molecule has 3 heteroatoms. The third kappa shape index (κ3) is 3.52. The van der Waals surface area contributed by atoms with E-state index in [1.54, 1.807) is 0 Å². The van der Waals surface area contributed by atoms with Crippen molar-refractivity contribution in [3.63, 3.8) is 0 Å². The van der Waals surface area contributed by atoms with E-state index in [9.17, 15) is 4.79 Å². The van der Waals surface area contributed by atoms with Gasteiger partial charge in [0.2, 0.25) is 0 Å². The number of Topliss-reactive ketones (excluding diaryl/α,β-unsaturated/α-hetero) is 1. The molecule has 1 atom stereocenters.